The summed E-state index contributed by atoms with van der Waals surface area (Å²) in [6.45, 7) is 0. The summed E-state index contributed by atoms with van der Waals surface area (Å²) in [7, 11) is 0. The van der Waals surface area contributed by atoms with E-state index >= 15 is 0 Å². The highest BCUT2D eigenvalue weighted by molar-refractivity contribution is 5.86. The molecule has 1 aliphatic carbocycles. The Morgan fingerprint density at radius 2 is 1.88 bits per heavy atom. The van der Waals surface area contributed by atoms with Gasteiger partial charge in [0.2, 0.25) is 0 Å². The summed E-state index contributed by atoms with van der Waals surface area (Å²) in [6, 6.07) is 15.9. The number of halogens is 1. The molecule has 0 saturated heterocycles. The second-order valence-corrected chi connectivity index (χ2v) is 6.40. The molecule has 1 fully saturated rings. The summed E-state index contributed by atoms with van der Waals surface area (Å²) < 4.78 is 13.0. The summed E-state index contributed by atoms with van der Waals surface area (Å²) in [6.07, 6.45) is 4.81. The number of benzene rings is 1. The van der Waals surface area contributed by atoms with E-state index in [1.165, 1.54) is 12.1 Å². The van der Waals surface area contributed by atoms with Crippen molar-refractivity contribution in [2.45, 2.75) is 18.8 Å². The average molecular weight is 332 g/mol. The lowest BCUT2D eigenvalue weighted by atomic mass is 10.0. The number of ketones is 1. The van der Waals surface area contributed by atoms with E-state index in [0.717, 1.165) is 28.9 Å². The number of rotatable bonds is 5. The van der Waals surface area contributed by atoms with E-state index in [2.05, 4.69) is 9.97 Å². The second kappa shape index (κ2) is 6.55. The molecule has 25 heavy (non-hydrogen) atoms. The fraction of sp³-hybridized carbons (Fsp3) is 0.190. The molecule has 2 atom stereocenters. The Bertz CT molecular complexity index is 876. The van der Waals surface area contributed by atoms with Crippen molar-refractivity contribution < 1.29 is 9.18 Å². The molecule has 1 aliphatic rings. The summed E-state index contributed by atoms with van der Waals surface area (Å²) in [5.41, 5.74) is 3.60. The van der Waals surface area contributed by atoms with Crippen LogP contribution in [0.1, 0.15) is 23.6 Å². The number of carbonyl (C=O) groups is 1. The molecule has 0 aliphatic heterocycles. The largest absolute Gasteiger partial charge is 0.299 e. The predicted molar refractivity (Wildman–Crippen MR) is 93.4 cm³/mol. The van der Waals surface area contributed by atoms with Gasteiger partial charge >= 0.3 is 0 Å². The van der Waals surface area contributed by atoms with Crippen LogP contribution < -0.4 is 0 Å². The van der Waals surface area contributed by atoms with Gasteiger partial charge in [-0.05, 0) is 60.4 Å². The van der Waals surface area contributed by atoms with Crippen LogP contribution in [0.25, 0.3) is 11.3 Å². The van der Waals surface area contributed by atoms with E-state index in [1.807, 2.05) is 36.5 Å². The van der Waals surface area contributed by atoms with Crippen LogP contribution in [0.15, 0.2) is 67.0 Å². The molecule has 4 rings (SSSR count). The standard InChI is InChI=1S/C21H17FN2O/c22-16-7-4-14(5-8-16)20-9-6-15(13-24-20)18-12-19(18)21(25)11-17-3-1-2-10-23-17/h1-10,13,18-19H,11-12H2. The van der Waals surface area contributed by atoms with Gasteiger partial charge in [-0.1, -0.05) is 12.1 Å². The van der Waals surface area contributed by atoms with Gasteiger partial charge in [-0.15, -0.1) is 0 Å². The van der Waals surface area contributed by atoms with Crippen molar-refractivity contribution in [1.29, 1.82) is 0 Å². The fourth-order valence-corrected chi connectivity index (χ4v) is 3.15. The van der Waals surface area contributed by atoms with Crippen LogP contribution in [0.3, 0.4) is 0 Å². The normalized spacial score (nSPS) is 18.8. The molecular weight excluding hydrogens is 315 g/mol. The van der Waals surface area contributed by atoms with Crippen LogP contribution >= 0.6 is 0 Å². The quantitative estimate of drug-likeness (QED) is 0.703. The molecule has 0 bridgehead atoms. The van der Waals surface area contributed by atoms with Gasteiger partial charge in [-0.3, -0.25) is 14.8 Å². The summed E-state index contributed by atoms with van der Waals surface area (Å²) in [4.78, 5) is 21.1. The van der Waals surface area contributed by atoms with E-state index < -0.39 is 0 Å². The first-order valence-corrected chi connectivity index (χ1v) is 8.35. The minimum Gasteiger partial charge on any atom is -0.299 e. The third-order valence-electron chi connectivity index (χ3n) is 4.64. The van der Waals surface area contributed by atoms with Gasteiger partial charge in [-0.2, -0.15) is 0 Å². The van der Waals surface area contributed by atoms with Gasteiger partial charge < -0.3 is 0 Å². The average Bonchev–Trinajstić information content (AvgIpc) is 3.44. The molecule has 0 amide bonds. The smallest absolute Gasteiger partial charge is 0.142 e. The molecule has 0 N–H and O–H groups in total. The van der Waals surface area contributed by atoms with Gasteiger partial charge in [0.05, 0.1) is 5.69 Å². The number of aromatic nitrogens is 2. The number of pyridine rings is 2. The Morgan fingerprint density at radius 1 is 1.04 bits per heavy atom. The number of hydrogen-bond donors (Lipinski definition) is 0. The Kier molecular flexibility index (Phi) is 4.10. The molecule has 2 unspecified atom stereocenters. The molecule has 0 radical (unpaired) electrons. The zero-order valence-electron chi connectivity index (χ0n) is 13.6. The Morgan fingerprint density at radius 3 is 2.56 bits per heavy atom. The van der Waals surface area contributed by atoms with Crippen LogP contribution in [-0.2, 0) is 11.2 Å². The highest BCUT2D eigenvalue weighted by Gasteiger charge is 2.43. The molecule has 3 nitrogen and oxygen atoms in total. The molecule has 1 aromatic carbocycles. The van der Waals surface area contributed by atoms with E-state index in [9.17, 15) is 9.18 Å². The Labute approximate surface area is 145 Å². The first kappa shape index (κ1) is 15.6. The molecule has 124 valence electrons. The predicted octanol–water partition coefficient (Wildman–Crippen LogP) is 4.20. The lowest BCUT2D eigenvalue weighted by Crippen LogP contribution is -2.07. The van der Waals surface area contributed by atoms with Crippen LogP contribution in [0.5, 0.6) is 0 Å². The summed E-state index contributed by atoms with van der Waals surface area (Å²) in [5.74, 6) is 0.311. The van der Waals surface area contributed by atoms with E-state index in [0.29, 0.717) is 6.42 Å². The second-order valence-electron chi connectivity index (χ2n) is 6.40. The van der Waals surface area contributed by atoms with Gasteiger partial charge in [-0.25, -0.2) is 4.39 Å². The maximum atomic E-state index is 13.0. The van der Waals surface area contributed by atoms with E-state index in [-0.39, 0.29) is 23.4 Å². The topological polar surface area (TPSA) is 42.9 Å². The van der Waals surface area contributed by atoms with Crippen molar-refractivity contribution in [1.82, 2.24) is 9.97 Å². The van der Waals surface area contributed by atoms with Crippen molar-refractivity contribution >= 4 is 5.78 Å². The Hall–Kier alpha value is -2.88. The third-order valence-corrected chi connectivity index (χ3v) is 4.64. The summed E-state index contributed by atoms with van der Waals surface area (Å²) >= 11 is 0. The molecular formula is C21H17FN2O. The van der Waals surface area contributed by atoms with Gasteiger partial charge in [0.15, 0.2) is 0 Å². The summed E-state index contributed by atoms with van der Waals surface area (Å²) in [5, 5.41) is 0. The van der Waals surface area contributed by atoms with Crippen molar-refractivity contribution in [2.75, 3.05) is 0 Å². The minimum atomic E-state index is -0.257. The molecule has 1 saturated carbocycles. The first-order chi connectivity index (χ1) is 12.2. The van der Waals surface area contributed by atoms with Gasteiger partial charge in [0, 0.05) is 36.0 Å². The van der Waals surface area contributed by atoms with Crippen molar-refractivity contribution in [3.05, 3.63) is 84.1 Å². The van der Waals surface area contributed by atoms with E-state index in [1.54, 1.807) is 18.3 Å². The maximum absolute atomic E-state index is 13.0. The van der Waals surface area contributed by atoms with Crippen LogP contribution in [-0.4, -0.2) is 15.8 Å². The van der Waals surface area contributed by atoms with Crippen molar-refractivity contribution in [3.8, 4) is 11.3 Å². The van der Waals surface area contributed by atoms with Crippen LogP contribution in [0.2, 0.25) is 0 Å². The van der Waals surface area contributed by atoms with Crippen molar-refractivity contribution in [2.24, 2.45) is 5.92 Å². The van der Waals surface area contributed by atoms with Gasteiger partial charge in [0.25, 0.3) is 0 Å². The molecule has 3 aromatic rings. The number of carbonyl (C=O) groups excluding carboxylic acids is 1. The minimum absolute atomic E-state index is 0.0699. The number of Topliss-reactive ketones (excluding diaryl/α,β-unsaturated/α-hetero) is 1. The molecule has 4 heteroatoms. The maximum Gasteiger partial charge on any atom is 0.142 e. The highest BCUT2D eigenvalue weighted by Crippen LogP contribution is 2.48. The first-order valence-electron chi connectivity index (χ1n) is 8.35. The molecule has 2 heterocycles. The van der Waals surface area contributed by atoms with E-state index in [4.69, 9.17) is 0 Å². The van der Waals surface area contributed by atoms with Gasteiger partial charge in [0.1, 0.15) is 11.6 Å². The van der Waals surface area contributed by atoms with Crippen molar-refractivity contribution in [3.63, 3.8) is 0 Å². The highest BCUT2D eigenvalue weighted by atomic mass is 19.1. The Balaban J connectivity index is 1.42. The fourth-order valence-electron chi connectivity index (χ4n) is 3.15. The zero-order valence-corrected chi connectivity index (χ0v) is 13.6. The zero-order chi connectivity index (χ0) is 17.2. The molecule has 2 aromatic heterocycles. The lowest BCUT2D eigenvalue weighted by Gasteiger charge is -2.04. The lowest BCUT2D eigenvalue weighted by molar-refractivity contribution is -0.119. The monoisotopic (exact) mass is 332 g/mol. The SMILES string of the molecule is O=C(Cc1ccccn1)C1CC1c1ccc(-c2ccc(F)cc2)nc1. The molecule has 0 spiro atoms. The third kappa shape index (κ3) is 3.48. The van der Waals surface area contributed by atoms with Crippen LogP contribution in [0.4, 0.5) is 4.39 Å². The number of nitrogens with zero attached hydrogens (tertiary/aromatic N) is 2. The number of hydrogen-bond acceptors (Lipinski definition) is 3. The van der Waals surface area contributed by atoms with Crippen LogP contribution in [0, 0.1) is 11.7 Å².